The van der Waals surface area contributed by atoms with Gasteiger partial charge in [-0.3, -0.25) is 9.59 Å². The number of hydrogen-bond acceptors (Lipinski definition) is 3. The lowest BCUT2D eigenvalue weighted by Crippen LogP contribution is -2.37. The Kier molecular flexibility index (Phi) is 5.51. The van der Waals surface area contributed by atoms with Gasteiger partial charge in [0.1, 0.15) is 11.6 Å². The van der Waals surface area contributed by atoms with Crippen LogP contribution in [0.3, 0.4) is 0 Å². The highest BCUT2D eigenvalue weighted by molar-refractivity contribution is 5.95. The van der Waals surface area contributed by atoms with Gasteiger partial charge in [-0.2, -0.15) is 0 Å². The highest BCUT2D eigenvalue weighted by atomic mass is 19.1. The van der Waals surface area contributed by atoms with Crippen LogP contribution >= 0.6 is 0 Å². The van der Waals surface area contributed by atoms with Crippen LogP contribution in [-0.4, -0.2) is 54.9 Å². The van der Waals surface area contributed by atoms with E-state index in [2.05, 4.69) is 0 Å². The van der Waals surface area contributed by atoms with Crippen molar-refractivity contribution in [3.8, 4) is 5.75 Å². The quantitative estimate of drug-likeness (QED) is 0.850. The van der Waals surface area contributed by atoms with E-state index in [1.807, 2.05) is 0 Å². The second-order valence-electron chi connectivity index (χ2n) is 6.15. The molecule has 0 spiro atoms. The van der Waals surface area contributed by atoms with Gasteiger partial charge in [-0.15, -0.1) is 0 Å². The second-order valence-corrected chi connectivity index (χ2v) is 6.15. The zero-order valence-corrected chi connectivity index (χ0v) is 14.7. The summed E-state index contributed by atoms with van der Waals surface area (Å²) in [6.45, 7) is 1.87. The van der Waals surface area contributed by atoms with Crippen molar-refractivity contribution in [2.45, 2.75) is 6.42 Å². The predicted molar refractivity (Wildman–Crippen MR) is 95.8 cm³/mol. The van der Waals surface area contributed by atoms with Gasteiger partial charge in [-0.1, -0.05) is 12.1 Å². The molecule has 1 aliphatic rings. The number of rotatable bonds is 3. The number of ether oxygens (including phenoxy) is 1. The smallest absolute Gasteiger partial charge is 0.256 e. The van der Waals surface area contributed by atoms with E-state index in [0.29, 0.717) is 43.9 Å². The Bertz CT molecular complexity index is 792. The molecule has 5 nitrogen and oxygen atoms in total. The summed E-state index contributed by atoms with van der Waals surface area (Å²) in [4.78, 5) is 28.6. The van der Waals surface area contributed by atoms with Gasteiger partial charge < -0.3 is 14.5 Å². The van der Waals surface area contributed by atoms with Gasteiger partial charge >= 0.3 is 0 Å². The first-order valence-corrected chi connectivity index (χ1v) is 8.57. The van der Waals surface area contributed by atoms with Gasteiger partial charge in [0, 0.05) is 31.7 Å². The predicted octanol–water partition coefficient (Wildman–Crippen LogP) is 2.82. The summed E-state index contributed by atoms with van der Waals surface area (Å²) in [5, 5.41) is 0. The largest absolute Gasteiger partial charge is 0.497 e. The van der Waals surface area contributed by atoms with E-state index in [-0.39, 0.29) is 17.4 Å². The van der Waals surface area contributed by atoms with Crippen molar-refractivity contribution >= 4 is 11.8 Å². The fourth-order valence-corrected chi connectivity index (χ4v) is 3.04. The molecular formula is C20H21FN2O3. The Balaban J connectivity index is 1.67. The van der Waals surface area contributed by atoms with Crippen molar-refractivity contribution in [2.24, 2.45) is 0 Å². The molecule has 0 aromatic heterocycles. The van der Waals surface area contributed by atoms with Crippen LogP contribution < -0.4 is 4.74 Å². The lowest BCUT2D eigenvalue weighted by molar-refractivity contribution is 0.0716. The topological polar surface area (TPSA) is 49.9 Å². The molecule has 2 aromatic carbocycles. The number of benzene rings is 2. The molecule has 26 heavy (non-hydrogen) atoms. The minimum Gasteiger partial charge on any atom is -0.497 e. The second kappa shape index (κ2) is 7.99. The number of halogens is 1. The van der Waals surface area contributed by atoms with E-state index in [9.17, 15) is 14.0 Å². The summed E-state index contributed by atoms with van der Waals surface area (Å²) in [5.74, 6) is -0.235. The summed E-state index contributed by atoms with van der Waals surface area (Å²) >= 11 is 0. The van der Waals surface area contributed by atoms with E-state index in [1.165, 1.54) is 12.1 Å². The van der Waals surface area contributed by atoms with E-state index in [1.54, 1.807) is 53.3 Å². The van der Waals surface area contributed by atoms with Crippen molar-refractivity contribution in [3.05, 3.63) is 65.5 Å². The monoisotopic (exact) mass is 356 g/mol. The summed E-state index contributed by atoms with van der Waals surface area (Å²) in [6, 6.07) is 12.9. The first-order chi connectivity index (χ1) is 12.6. The highest BCUT2D eigenvalue weighted by Crippen LogP contribution is 2.16. The number of carbonyl (C=O) groups excluding carboxylic acids is 2. The van der Waals surface area contributed by atoms with Crippen molar-refractivity contribution < 1.29 is 18.7 Å². The van der Waals surface area contributed by atoms with Crippen LogP contribution in [0.25, 0.3) is 0 Å². The van der Waals surface area contributed by atoms with Gasteiger partial charge in [0.15, 0.2) is 0 Å². The average molecular weight is 356 g/mol. The highest BCUT2D eigenvalue weighted by Gasteiger charge is 2.24. The molecule has 2 amide bonds. The molecule has 0 radical (unpaired) electrons. The molecule has 136 valence electrons. The standard InChI is InChI=1S/C20H21FN2O3/c1-26-16-9-7-15(8-10-16)19(24)22-11-4-12-23(14-13-22)20(25)17-5-2-3-6-18(17)21/h2-3,5-10H,4,11-14H2,1H3. The van der Waals surface area contributed by atoms with Gasteiger partial charge in [-0.25, -0.2) is 4.39 Å². The first kappa shape index (κ1) is 17.9. The number of methoxy groups -OCH3 is 1. The van der Waals surface area contributed by atoms with Crippen LogP contribution in [-0.2, 0) is 0 Å². The maximum absolute atomic E-state index is 13.9. The van der Waals surface area contributed by atoms with Gasteiger partial charge in [0.2, 0.25) is 0 Å². The van der Waals surface area contributed by atoms with Crippen molar-refractivity contribution in [1.29, 1.82) is 0 Å². The third-order valence-electron chi connectivity index (χ3n) is 4.51. The Morgan fingerprint density at radius 1 is 0.885 bits per heavy atom. The molecule has 1 heterocycles. The fraction of sp³-hybridized carbons (Fsp3) is 0.300. The third-order valence-corrected chi connectivity index (χ3v) is 4.51. The van der Waals surface area contributed by atoms with Crippen LogP contribution in [0, 0.1) is 5.82 Å². The van der Waals surface area contributed by atoms with Crippen molar-refractivity contribution in [1.82, 2.24) is 9.80 Å². The van der Waals surface area contributed by atoms with Crippen LogP contribution in [0.15, 0.2) is 48.5 Å². The average Bonchev–Trinajstić information content (AvgIpc) is 2.93. The van der Waals surface area contributed by atoms with Gasteiger partial charge in [0.25, 0.3) is 11.8 Å². The number of amides is 2. The first-order valence-electron chi connectivity index (χ1n) is 8.57. The lowest BCUT2D eigenvalue weighted by atomic mass is 10.2. The van der Waals surface area contributed by atoms with Gasteiger partial charge in [0.05, 0.1) is 12.7 Å². The molecule has 1 fully saturated rings. The molecule has 0 saturated carbocycles. The van der Waals surface area contributed by atoms with Crippen molar-refractivity contribution in [2.75, 3.05) is 33.3 Å². The molecule has 0 atom stereocenters. The molecule has 3 rings (SSSR count). The number of nitrogens with zero attached hydrogens (tertiary/aromatic N) is 2. The molecule has 6 heteroatoms. The maximum Gasteiger partial charge on any atom is 0.256 e. The summed E-state index contributed by atoms with van der Waals surface area (Å²) in [5.41, 5.74) is 0.655. The molecule has 0 N–H and O–H groups in total. The molecule has 2 aromatic rings. The van der Waals surface area contributed by atoms with E-state index in [4.69, 9.17) is 4.74 Å². The maximum atomic E-state index is 13.9. The normalized spacial score (nSPS) is 14.7. The Hall–Kier alpha value is -2.89. The number of carbonyl (C=O) groups is 2. The van der Waals surface area contributed by atoms with Crippen LogP contribution in [0.2, 0.25) is 0 Å². The lowest BCUT2D eigenvalue weighted by Gasteiger charge is -2.22. The van der Waals surface area contributed by atoms with Crippen LogP contribution in [0.5, 0.6) is 5.75 Å². The summed E-state index contributed by atoms with van der Waals surface area (Å²) in [6.07, 6.45) is 0.655. The minimum atomic E-state index is -0.520. The Morgan fingerprint density at radius 3 is 2.12 bits per heavy atom. The molecule has 1 aliphatic heterocycles. The SMILES string of the molecule is COc1ccc(C(=O)N2CCCN(C(=O)c3ccccc3F)CC2)cc1. The summed E-state index contributed by atoms with van der Waals surface area (Å²) < 4.78 is 19.0. The fourth-order valence-electron chi connectivity index (χ4n) is 3.04. The van der Waals surface area contributed by atoms with Crippen LogP contribution in [0.4, 0.5) is 4.39 Å². The summed E-state index contributed by atoms with van der Waals surface area (Å²) in [7, 11) is 1.58. The number of hydrogen-bond donors (Lipinski definition) is 0. The van der Waals surface area contributed by atoms with E-state index < -0.39 is 5.82 Å². The Morgan fingerprint density at radius 2 is 1.50 bits per heavy atom. The zero-order valence-electron chi connectivity index (χ0n) is 14.7. The molecular weight excluding hydrogens is 335 g/mol. The Labute approximate surface area is 152 Å². The third kappa shape index (κ3) is 3.85. The molecule has 1 saturated heterocycles. The van der Waals surface area contributed by atoms with Gasteiger partial charge in [-0.05, 0) is 42.8 Å². The zero-order chi connectivity index (χ0) is 18.5. The van der Waals surface area contributed by atoms with E-state index in [0.717, 1.165) is 0 Å². The molecule has 0 aliphatic carbocycles. The molecule has 0 bridgehead atoms. The van der Waals surface area contributed by atoms with Crippen molar-refractivity contribution in [3.63, 3.8) is 0 Å². The minimum absolute atomic E-state index is 0.0717. The molecule has 0 unspecified atom stereocenters. The van der Waals surface area contributed by atoms with E-state index >= 15 is 0 Å². The van der Waals surface area contributed by atoms with Crippen LogP contribution in [0.1, 0.15) is 27.1 Å².